The number of likely N-dealkylation sites (tertiary alicyclic amines) is 1. The quantitative estimate of drug-likeness (QED) is 0.645. The van der Waals surface area contributed by atoms with Crippen LogP contribution in [0.3, 0.4) is 0 Å². The van der Waals surface area contributed by atoms with Crippen molar-refractivity contribution in [1.82, 2.24) is 14.3 Å². The number of carboxylic acid groups (broad SMARTS) is 1. The SMILES string of the molecule is COc1cccc(-c2nc(C3CCCN3C(=O)COCC(=O)O)n3ccccc23)c1. The number of imidazole rings is 1. The van der Waals surface area contributed by atoms with Crippen LogP contribution in [0.4, 0.5) is 0 Å². The molecular formula is C22H23N3O5. The molecular weight excluding hydrogens is 386 g/mol. The van der Waals surface area contributed by atoms with E-state index in [9.17, 15) is 9.59 Å². The zero-order chi connectivity index (χ0) is 21.1. The van der Waals surface area contributed by atoms with Gasteiger partial charge in [0.1, 0.15) is 24.8 Å². The van der Waals surface area contributed by atoms with Gasteiger partial charge in [-0.3, -0.25) is 4.79 Å². The molecule has 1 amide bonds. The van der Waals surface area contributed by atoms with E-state index in [0.717, 1.165) is 41.2 Å². The summed E-state index contributed by atoms with van der Waals surface area (Å²) in [4.78, 5) is 30.0. The molecule has 0 saturated carbocycles. The molecule has 0 bridgehead atoms. The third-order valence-corrected chi connectivity index (χ3v) is 5.24. The molecule has 1 aliphatic heterocycles. The molecule has 3 heterocycles. The first-order valence-corrected chi connectivity index (χ1v) is 9.79. The van der Waals surface area contributed by atoms with Gasteiger partial charge in [-0.15, -0.1) is 0 Å². The molecule has 0 radical (unpaired) electrons. The lowest BCUT2D eigenvalue weighted by atomic mass is 10.1. The first kappa shape index (κ1) is 19.9. The molecule has 1 atom stereocenters. The first-order valence-electron chi connectivity index (χ1n) is 9.79. The summed E-state index contributed by atoms with van der Waals surface area (Å²) in [6.45, 7) is -0.151. The van der Waals surface area contributed by atoms with Crippen LogP contribution in [0.5, 0.6) is 5.75 Å². The zero-order valence-electron chi connectivity index (χ0n) is 16.7. The molecule has 4 rings (SSSR count). The average Bonchev–Trinajstić information content (AvgIpc) is 3.38. The number of benzene rings is 1. The summed E-state index contributed by atoms with van der Waals surface area (Å²) in [7, 11) is 1.63. The predicted molar refractivity (Wildman–Crippen MR) is 109 cm³/mol. The Labute approximate surface area is 173 Å². The van der Waals surface area contributed by atoms with Gasteiger partial charge >= 0.3 is 5.97 Å². The van der Waals surface area contributed by atoms with Crippen molar-refractivity contribution < 1.29 is 24.2 Å². The summed E-state index contributed by atoms with van der Waals surface area (Å²) in [5.41, 5.74) is 2.71. The molecule has 8 nitrogen and oxygen atoms in total. The van der Waals surface area contributed by atoms with E-state index < -0.39 is 12.6 Å². The number of amides is 1. The third-order valence-electron chi connectivity index (χ3n) is 5.24. The number of carboxylic acids is 1. The van der Waals surface area contributed by atoms with E-state index in [1.807, 2.05) is 53.1 Å². The number of aromatic nitrogens is 2. The van der Waals surface area contributed by atoms with Gasteiger partial charge in [0.05, 0.1) is 24.4 Å². The van der Waals surface area contributed by atoms with Gasteiger partial charge in [-0.25, -0.2) is 9.78 Å². The van der Waals surface area contributed by atoms with Crippen molar-refractivity contribution in [3.05, 3.63) is 54.5 Å². The Bertz CT molecular complexity index is 1080. The van der Waals surface area contributed by atoms with Crippen molar-refractivity contribution in [2.45, 2.75) is 18.9 Å². The summed E-state index contributed by atoms with van der Waals surface area (Å²) in [5, 5.41) is 8.72. The molecule has 0 aliphatic carbocycles. The minimum absolute atomic E-state index is 0.194. The molecule has 30 heavy (non-hydrogen) atoms. The summed E-state index contributed by atoms with van der Waals surface area (Å²) in [6, 6.07) is 13.4. The van der Waals surface area contributed by atoms with Crippen LogP contribution in [-0.2, 0) is 14.3 Å². The fourth-order valence-electron chi connectivity index (χ4n) is 3.92. The second-order valence-electron chi connectivity index (χ2n) is 7.14. The average molecular weight is 409 g/mol. The van der Waals surface area contributed by atoms with Crippen molar-refractivity contribution in [1.29, 1.82) is 0 Å². The summed E-state index contributed by atoms with van der Waals surface area (Å²) < 4.78 is 12.4. The van der Waals surface area contributed by atoms with Gasteiger partial charge < -0.3 is 23.9 Å². The predicted octanol–water partition coefficient (Wildman–Crippen LogP) is 2.77. The van der Waals surface area contributed by atoms with Crippen molar-refractivity contribution in [2.24, 2.45) is 0 Å². The molecule has 1 aromatic carbocycles. The van der Waals surface area contributed by atoms with Gasteiger partial charge in [0.25, 0.3) is 0 Å². The highest BCUT2D eigenvalue weighted by atomic mass is 16.5. The standard InChI is InChI=1S/C22H23N3O5/c1-29-16-7-4-6-15(12-16)21-17-8-2-3-10-25(17)22(23-21)18-9-5-11-24(18)19(26)13-30-14-20(27)28/h2-4,6-8,10,12,18H,5,9,11,13-14H2,1H3,(H,27,28). The van der Waals surface area contributed by atoms with Crippen LogP contribution in [0.15, 0.2) is 48.7 Å². The Morgan fingerprint density at radius 1 is 1.20 bits per heavy atom. The van der Waals surface area contributed by atoms with Crippen LogP contribution < -0.4 is 4.74 Å². The van der Waals surface area contributed by atoms with Crippen LogP contribution in [0.25, 0.3) is 16.8 Å². The number of aliphatic carboxylic acids is 1. The van der Waals surface area contributed by atoms with E-state index >= 15 is 0 Å². The number of carbonyl (C=O) groups is 2. The number of pyridine rings is 1. The lowest BCUT2D eigenvalue weighted by Gasteiger charge is -2.23. The Morgan fingerprint density at radius 3 is 2.87 bits per heavy atom. The van der Waals surface area contributed by atoms with E-state index in [1.165, 1.54) is 0 Å². The number of carbonyl (C=O) groups excluding carboxylic acids is 1. The molecule has 0 spiro atoms. The van der Waals surface area contributed by atoms with E-state index in [2.05, 4.69) is 0 Å². The minimum atomic E-state index is -1.09. The lowest BCUT2D eigenvalue weighted by Crippen LogP contribution is -2.34. The van der Waals surface area contributed by atoms with Crippen molar-refractivity contribution >= 4 is 17.4 Å². The molecule has 3 aromatic rings. The maximum absolute atomic E-state index is 12.7. The molecule has 1 N–H and O–H groups in total. The highest BCUT2D eigenvalue weighted by molar-refractivity contribution is 5.80. The van der Waals surface area contributed by atoms with E-state index in [1.54, 1.807) is 12.0 Å². The topological polar surface area (TPSA) is 93.4 Å². The third kappa shape index (κ3) is 3.86. The molecule has 1 aliphatic rings. The number of hydrogen-bond donors (Lipinski definition) is 1. The highest BCUT2D eigenvalue weighted by Gasteiger charge is 2.33. The molecule has 1 fully saturated rings. The largest absolute Gasteiger partial charge is 0.497 e. The van der Waals surface area contributed by atoms with E-state index in [-0.39, 0.29) is 18.6 Å². The van der Waals surface area contributed by atoms with E-state index in [4.69, 9.17) is 19.6 Å². The van der Waals surface area contributed by atoms with Crippen molar-refractivity contribution in [3.63, 3.8) is 0 Å². The number of hydrogen-bond acceptors (Lipinski definition) is 5. The zero-order valence-corrected chi connectivity index (χ0v) is 16.7. The van der Waals surface area contributed by atoms with Crippen LogP contribution in [0.2, 0.25) is 0 Å². The van der Waals surface area contributed by atoms with Crippen LogP contribution >= 0.6 is 0 Å². The van der Waals surface area contributed by atoms with Gasteiger partial charge in [0.15, 0.2) is 0 Å². The lowest BCUT2D eigenvalue weighted by molar-refractivity contribution is -0.146. The molecule has 1 saturated heterocycles. The number of fused-ring (bicyclic) bond motifs is 1. The molecule has 1 unspecified atom stereocenters. The fraction of sp³-hybridized carbons (Fsp3) is 0.318. The highest BCUT2D eigenvalue weighted by Crippen LogP contribution is 2.35. The van der Waals surface area contributed by atoms with Crippen molar-refractivity contribution in [2.75, 3.05) is 26.9 Å². The number of nitrogens with zero attached hydrogens (tertiary/aromatic N) is 3. The van der Waals surface area contributed by atoms with E-state index in [0.29, 0.717) is 6.54 Å². The number of ether oxygens (including phenoxy) is 2. The Hall–Kier alpha value is -3.39. The van der Waals surface area contributed by atoms with Crippen LogP contribution in [0.1, 0.15) is 24.7 Å². The summed E-state index contributed by atoms with van der Waals surface area (Å²) in [5.74, 6) is 0.212. The summed E-state index contributed by atoms with van der Waals surface area (Å²) in [6.07, 6.45) is 3.59. The second-order valence-corrected chi connectivity index (χ2v) is 7.14. The molecule has 156 valence electrons. The Kier molecular flexibility index (Phi) is 5.67. The number of methoxy groups -OCH3 is 1. The maximum atomic E-state index is 12.7. The van der Waals surface area contributed by atoms with Crippen LogP contribution in [-0.4, -0.2) is 58.1 Å². The maximum Gasteiger partial charge on any atom is 0.329 e. The van der Waals surface area contributed by atoms with Gasteiger partial charge in [0.2, 0.25) is 5.91 Å². The number of rotatable bonds is 7. The van der Waals surface area contributed by atoms with Gasteiger partial charge in [-0.2, -0.15) is 0 Å². The van der Waals surface area contributed by atoms with Crippen LogP contribution in [0, 0.1) is 0 Å². The molecule has 2 aromatic heterocycles. The Morgan fingerprint density at radius 2 is 2.07 bits per heavy atom. The normalized spacial score (nSPS) is 16.2. The van der Waals surface area contributed by atoms with Crippen molar-refractivity contribution in [3.8, 4) is 17.0 Å². The monoisotopic (exact) mass is 409 g/mol. The minimum Gasteiger partial charge on any atom is -0.497 e. The molecule has 8 heteroatoms. The first-order chi connectivity index (χ1) is 14.6. The van der Waals surface area contributed by atoms with Gasteiger partial charge in [-0.05, 0) is 37.1 Å². The van der Waals surface area contributed by atoms with Gasteiger partial charge in [0, 0.05) is 18.3 Å². The summed E-state index contributed by atoms with van der Waals surface area (Å²) >= 11 is 0. The smallest absolute Gasteiger partial charge is 0.329 e. The Balaban J connectivity index is 1.68. The second kappa shape index (κ2) is 8.54. The van der Waals surface area contributed by atoms with Gasteiger partial charge in [-0.1, -0.05) is 18.2 Å². The fourth-order valence-corrected chi connectivity index (χ4v) is 3.92.